The van der Waals surface area contributed by atoms with Crippen molar-refractivity contribution in [2.24, 2.45) is 5.92 Å². The van der Waals surface area contributed by atoms with Gasteiger partial charge in [-0.25, -0.2) is 4.39 Å². The molecule has 0 spiro atoms. The van der Waals surface area contributed by atoms with Crippen molar-refractivity contribution in [1.82, 2.24) is 4.90 Å². The highest BCUT2D eigenvalue weighted by atomic mass is 19.1. The van der Waals surface area contributed by atoms with E-state index in [-0.39, 0.29) is 17.5 Å². The molecule has 0 bridgehead atoms. The van der Waals surface area contributed by atoms with Gasteiger partial charge in [0.2, 0.25) is 0 Å². The maximum Gasteiger partial charge on any atom is 0.133 e. The molecule has 100 valence electrons. The van der Waals surface area contributed by atoms with E-state index in [4.69, 9.17) is 5.26 Å². The summed E-state index contributed by atoms with van der Waals surface area (Å²) in [6.07, 6.45) is 1.74. The SMILES string of the molecule is CC(=O)C1CCN(Cc2cc(F)cc(C#N)c2)CC1. The van der Waals surface area contributed by atoms with Crippen LogP contribution in [0.1, 0.15) is 30.9 Å². The third-order valence-corrected chi connectivity index (χ3v) is 3.66. The average Bonchev–Trinajstić information content (AvgIpc) is 2.38. The molecule has 1 aromatic rings. The number of ketones is 1. The first-order valence-corrected chi connectivity index (χ1v) is 6.51. The first kappa shape index (κ1) is 13.7. The summed E-state index contributed by atoms with van der Waals surface area (Å²) in [4.78, 5) is 13.5. The van der Waals surface area contributed by atoms with Gasteiger partial charge in [0.1, 0.15) is 11.6 Å². The Kier molecular flexibility index (Phi) is 4.28. The third kappa shape index (κ3) is 3.62. The Labute approximate surface area is 112 Å². The van der Waals surface area contributed by atoms with Crippen molar-refractivity contribution in [3.05, 3.63) is 35.1 Å². The molecular formula is C15H17FN2O. The number of piperidine rings is 1. The molecule has 3 nitrogen and oxygen atoms in total. The number of Topliss-reactive ketones (excluding diaryl/α,β-unsaturated/α-hetero) is 1. The molecule has 1 aliphatic rings. The molecule has 0 aliphatic carbocycles. The molecule has 1 aliphatic heterocycles. The Hall–Kier alpha value is -1.73. The van der Waals surface area contributed by atoms with Crippen LogP contribution in [0.15, 0.2) is 18.2 Å². The molecular weight excluding hydrogens is 243 g/mol. The predicted molar refractivity (Wildman–Crippen MR) is 69.8 cm³/mol. The van der Waals surface area contributed by atoms with Crippen molar-refractivity contribution in [3.63, 3.8) is 0 Å². The second kappa shape index (κ2) is 5.94. The van der Waals surface area contributed by atoms with Crippen LogP contribution in [-0.4, -0.2) is 23.8 Å². The van der Waals surface area contributed by atoms with Crippen molar-refractivity contribution in [1.29, 1.82) is 5.26 Å². The molecule has 0 atom stereocenters. The zero-order valence-electron chi connectivity index (χ0n) is 11.0. The van der Waals surface area contributed by atoms with Gasteiger partial charge in [0, 0.05) is 12.5 Å². The second-order valence-electron chi connectivity index (χ2n) is 5.12. The lowest BCUT2D eigenvalue weighted by Gasteiger charge is -2.30. The predicted octanol–water partition coefficient (Wildman–Crippen LogP) is 2.50. The molecule has 0 saturated carbocycles. The number of hydrogen-bond acceptors (Lipinski definition) is 3. The largest absolute Gasteiger partial charge is 0.300 e. The summed E-state index contributed by atoms with van der Waals surface area (Å²) in [6, 6.07) is 6.40. The number of halogens is 1. The van der Waals surface area contributed by atoms with E-state index in [0.717, 1.165) is 31.5 Å². The zero-order valence-corrected chi connectivity index (χ0v) is 11.0. The third-order valence-electron chi connectivity index (χ3n) is 3.66. The van der Waals surface area contributed by atoms with Crippen LogP contribution in [0.5, 0.6) is 0 Å². The highest BCUT2D eigenvalue weighted by Crippen LogP contribution is 2.20. The lowest BCUT2D eigenvalue weighted by Crippen LogP contribution is -2.35. The van der Waals surface area contributed by atoms with Crippen LogP contribution in [0.4, 0.5) is 4.39 Å². The van der Waals surface area contributed by atoms with Gasteiger partial charge in [-0.05, 0) is 56.6 Å². The molecule has 0 unspecified atom stereocenters. The van der Waals surface area contributed by atoms with Gasteiger partial charge >= 0.3 is 0 Å². The number of nitrogens with zero attached hydrogens (tertiary/aromatic N) is 2. The molecule has 0 N–H and O–H groups in total. The van der Waals surface area contributed by atoms with E-state index >= 15 is 0 Å². The van der Waals surface area contributed by atoms with Gasteiger partial charge in [0.15, 0.2) is 0 Å². The van der Waals surface area contributed by atoms with Crippen molar-refractivity contribution >= 4 is 5.78 Å². The minimum absolute atomic E-state index is 0.179. The number of benzene rings is 1. The van der Waals surface area contributed by atoms with E-state index in [1.807, 2.05) is 6.07 Å². The standard InChI is InChI=1S/C15H17FN2O/c1-11(19)14-2-4-18(5-3-14)10-13-6-12(9-17)7-15(16)8-13/h6-8,14H,2-5,10H2,1H3. The van der Waals surface area contributed by atoms with Crippen LogP contribution in [0.3, 0.4) is 0 Å². The van der Waals surface area contributed by atoms with E-state index in [0.29, 0.717) is 12.1 Å². The Morgan fingerprint density at radius 3 is 2.68 bits per heavy atom. The molecule has 1 heterocycles. The van der Waals surface area contributed by atoms with E-state index in [2.05, 4.69) is 4.90 Å². The van der Waals surface area contributed by atoms with Crippen LogP contribution in [0.25, 0.3) is 0 Å². The molecule has 0 amide bonds. The summed E-state index contributed by atoms with van der Waals surface area (Å²) in [5.41, 5.74) is 1.17. The maximum atomic E-state index is 13.3. The fourth-order valence-electron chi connectivity index (χ4n) is 2.56. The number of carbonyl (C=O) groups excluding carboxylic acids is 1. The summed E-state index contributed by atoms with van der Waals surface area (Å²) < 4.78 is 13.3. The minimum atomic E-state index is -0.368. The van der Waals surface area contributed by atoms with Crippen LogP contribution in [0.2, 0.25) is 0 Å². The van der Waals surface area contributed by atoms with E-state index in [9.17, 15) is 9.18 Å². The molecule has 19 heavy (non-hydrogen) atoms. The Morgan fingerprint density at radius 2 is 2.11 bits per heavy atom. The van der Waals surface area contributed by atoms with Crippen molar-refractivity contribution in [2.75, 3.05) is 13.1 Å². The van der Waals surface area contributed by atoms with Crippen LogP contribution in [0, 0.1) is 23.1 Å². The lowest BCUT2D eigenvalue weighted by molar-refractivity contribution is -0.122. The minimum Gasteiger partial charge on any atom is -0.300 e. The fraction of sp³-hybridized carbons (Fsp3) is 0.467. The number of likely N-dealkylation sites (tertiary alicyclic amines) is 1. The van der Waals surface area contributed by atoms with E-state index < -0.39 is 0 Å². The van der Waals surface area contributed by atoms with E-state index in [1.54, 1.807) is 13.0 Å². The molecule has 0 aromatic heterocycles. The Bertz CT molecular complexity index is 513. The van der Waals surface area contributed by atoms with Gasteiger partial charge in [-0.1, -0.05) is 0 Å². The molecule has 0 radical (unpaired) electrons. The number of nitriles is 1. The van der Waals surface area contributed by atoms with Gasteiger partial charge in [-0.2, -0.15) is 5.26 Å². The van der Waals surface area contributed by atoms with Gasteiger partial charge < -0.3 is 0 Å². The summed E-state index contributed by atoms with van der Waals surface area (Å²) in [6.45, 7) is 3.98. The highest BCUT2D eigenvalue weighted by molar-refractivity contribution is 5.78. The summed E-state index contributed by atoms with van der Waals surface area (Å²) >= 11 is 0. The normalized spacial score (nSPS) is 17.1. The summed E-state index contributed by atoms with van der Waals surface area (Å²) in [5.74, 6) is 0.0725. The highest BCUT2D eigenvalue weighted by Gasteiger charge is 2.22. The maximum absolute atomic E-state index is 13.3. The van der Waals surface area contributed by atoms with Gasteiger partial charge in [-0.3, -0.25) is 9.69 Å². The van der Waals surface area contributed by atoms with Gasteiger partial charge in [0.25, 0.3) is 0 Å². The molecule has 1 aromatic carbocycles. The van der Waals surface area contributed by atoms with Gasteiger partial charge in [0.05, 0.1) is 11.6 Å². The molecule has 1 saturated heterocycles. The Balaban J connectivity index is 1.98. The first-order chi connectivity index (χ1) is 9.08. The Morgan fingerprint density at radius 1 is 1.42 bits per heavy atom. The van der Waals surface area contributed by atoms with Crippen molar-refractivity contribution in [3.8, 4) is 6.07 Å². The monoisotopic (exact) mass is 260 g/mol. The smallest absolute Gasteiger partial charge is 0.133 e. The first-order valence-electron chi connectivity index (χ1n) is 6.51. The number of rotatable bonds is 3. The zero-order chi connectivity index (χ0) is 13.8. The van der Waals surface area contributed by atoms with Crippen molar-refractivity contribution in [2.45, 2.75) is 26.3 Å². The number of carbonyl (C=O) groups is 1. The van der Waals surface area contributed by atoms with Crippen molar-refractivity contribution < 1.29 is 9.18 Å². The quantitative estimate of drug-likeness (QED) is 0.838. The average molecular weight is 260 g/mol. The summed E-state index contributed by atoms with van der Waals surface area (Å²) in [5, 5.41) is 8.82. The summed E-state index contributed by atoms with van der Waals surface area (Å²) in [7, 11) is 0. The molecule has 2 rings (SSSR count). The second-order valence-corrected chi connectivity index (χ2v) is 5.12. The number of hydrogen-bond donors (Lipinski definition) is 0. The van der Waals surface area contributed by atoms with Gasteiger partial charge in [-0.15, -0.1) is 0 Å². The van der Waals surface area contributed by atoms with Crippen LogP contribution in [-0.2, 0) is 11.3 Å². The lowest BCUT2D eigenvalue weighted by atomic mass is 9.93. The van der Waals surface area contributed by atoms with Crippen LogP contribution < -0.4 is 0 Å². The van der Waals surface area contributed by atoms with E-state index in [1.165, 1.54) is 12.1 Å². The molecule has 1 fully saturated rings. The topological polar surface area (TPSA) is 44.1 Å². The molecule has 4 heteroatoms. The fourth-order valence-corrected chi connectivity index (χ4v) is 2.56. The van der Waals surface area contributed by atoms with Crippen LogP contribution >= 0.6 is 0 Å².